The van der Waals surface area contributed by atoms with Crippen molar-refractivity contribution in [2.45, 2.75) is 12.5 Å². The Hall–Kier alpha value is -2.71. The number of hydrogen-bond donors (Lipinski definition) is 3. The summed E-state index contributed by atoms with van der Waals surface area (Å²) in [6.45, 7) is 0. The number of esters is 1. The molecule has 0 spiro atoms. The van der Waals surface area contributed by atoms with Crippen molar-refractivity contribution in [1.82, 2.24) is 9.97 Å². The first-order valence-corrected chi connectivity index (χ1v) is 5.06. The van der Waals surface area contributed by atoms with E-state index >= 15 is 0 Å². The van der Waals surface area contributed by atoms with E-state index in [1.165, 1.54) is 12.3 Å². The van der Waals surface area contributed by atoms with Gasteiger partial charge in [-0.3, -0.25) is 4.79 Å². The number of carbonyl (C=O) groups is 3. The number of nitrogens with zero attached hydrogens (tertiary/aromatic N) is 2. The third kappa shape index (κ3) is 4.22. The summed E-state index contributed by atoms with van der Waals surface area (Å²) in [7, 11) is 1.15. The molecule has 0 aromatic carbocycles. The van der Waals surface area contributed by atoms with Crippen molar-refractivity contribution >= 4 is 23.7 Å². The van der Waals surface area contributed by atoms with Gasteiger partial charge in [0.1, 0.15) is 11.9 Å². The zero-order valence-corrected chi connectivity index (χ0v) is 9.86. The Morgan fingerprint density at radius 3 is 2.63 bits per heavy atom. The van der Waals surface area contributed by atoms with E-state index in [2.05, 4.69) is 20.0 Å². The zero-order valence-electron chi connectivity index (χ0n) is 9.86. The Labute approximate surface area is 107 Å². The molecule has 0 aliphatic rings. The fourth-order valence-electron chi connectivity index (χ4n) is 1.18. The highest BCUT2D eigenvalue weighted by Gasteiger charge is 2.21. The van der Waals surface area contributed by atoms with Crippen molar-refractivity contribution in [3.63, 3.8) is 0 Å². The van der Waals surface area contributed by atoms with Gasteiger partial charge in [-0.15, -0.1) is 0 Å². The number of anilines is 1. The van der Waals surface area contributed by atoms with Gasteiger partial charge in [-0.05, 0) is 6.07 Å². The van der Waals surface area contributed by atoms with Gasteiger partial charge in [0, 0.05) is 6.20 Å². The lowest BCUT2D eigenvalue weighted by Gasteiger charge is -2.12. The van der Waals surface area contributed by atoms with Crippen LogP contribution in [0.1, 0.15) is 17.0 Å². The lowest BCUT2D eigenvalue weighted by atomic mass is 10.2. The van der Waals surface area contributed by atoms with E-state index < -0.39 is 30.4 Å². The van der Waals surface area contributed by atoms with Gasteiger partial charge in [-0.1, -0.05) is 0 Å². The van der Waals surface area contributed by atoms with Crippen LogP contribution >= 0.6 is 0 Å². The summed E-state index contributed by atoms with van der Waals surface area (Å²) in [5.74, 6) is -3.65. The van der Waals surface area contributed by atoms with Gasteiger partial charge in [0.05, 0.1) is 13.5 Å². The highest BCUT2D eigenvalue weighted by atomic mass is 16.5. The quantitative estimate of drug-likeness (QED) is 0.588. The van der Waals surface area contributed by atoms with Crippen molar-refractivity contribution in [2.24, 2.45) is 0 Å². The second-order valence-corrected chi connectivity index (χ2v) is 3.39. The minimum atomic E-state index is -1.36. The summed E-state index contributed by atoms with van der Waals surface area (Å²) in [5, 5.41) is 19.8. The minimum Gasteiger partial charge on any atom is -0.481 e. The Kier molecular flexibility index (Phi) is 4.75. The van der Waals surface area contributed by atoms with Crippen molar-refractivity contribution in [3.8, 4) is 0 Å². The normalized spacial score (nSPS) is 11.4. The molecule has 9 nitrogen and oxygen atoms in total. The lowest BCUT2D eigenvalue weighted by Crippen LogP contribution is -2.32. The molecule has 1 heterocycles. The predicted molar refractivity (Wildman–Crippen MR) is 60.7 cm³/mol. The molecule has 1 atom stereocenters. The smallest absolute Gasteiger partial charge is 0.376 e. The molecule has 0 aliphatic heterocycles. The lowest BCUT2D eigenvalue weighted by molar-refractivity contribution is -0.144. The SMILES string of the molecule is COC(=O)c1nccc(NC(CC(=O)O)C(=O)O)n1. The minimum absolute atomic E-state index is 0.0176. The predicted octanol–water partition coefficient (Wildman–Crippen LogP) is -0.397. The van der Waals surface area contributed by atoms with E-state index in [4.69, 9.17) is 10.2 Å². The van der Waals surface area contributed by atoms with Crippen LogP contribution in [0.25, 0.3) is 0 Å². The van der Waals surface area contributed by atoms with Crippen LogP contribution in [0.2, 0.25) is 0 Å². The average Bonchev–Trinajstić information content (AvgIpc) is 2.36. The summed E-state index contributed by atoms with van der Waals surface area (Å²) < 4.78 is 4.41. The molecule has 19 heavy (non-hydrogen) atoms. The number of carboxylic acids is 2. The number of aliphatic carboxylic acids is 2. The van der Waals surface area contributed by atoms with Gasteiger partial charge in [0.15, 0.2) is 0 Å². The van der Waals surface area contributed by atoms with Gasteiger partial charge < -0.3 is 20.3 Å². The molecular weight excluding hydrogens is 258 g/mol. The molecule has 1 aromatic rings. The second kappa shape index (κ2) is 6.28. The Balaban J connectivity index is 2.87. The molecule has 1 aromatic heterocycles. The first-order valence-electron chi connectivity index (χ1n) is 5.06. The van der Waals surface area contributed by atoms with Crippen LogP contribution in [0, 0.1) is 0 Å². The summed E-state index contributed by atoms with van der Waals surface area (Å²) in [6, 6.07) is -0.0533. The number of methoxy groups -OCH3 is 1. The summed E-state index contributed by atoms with van der Waals surface area (Å²) in [6.07, 6.45) is 0.591. The van der Waals surface area contributed by atoms with Gasteiger partial charge >= 0.3 is 17.9 Å². The van der Waals surface area contributed by atoms with Gasteiger partial charge in [0.2, 0.25) is 5.82 Å². The number of carboxylic acid groups (broad SMARTS) is 2. The van der Waals surface area contributed by atoms with E-state index in [1.54, 1.807) is 0 Å². The maximum atomic E-state index is 11.2. The fraction of sp³-hybridized carbons (Fsp3) is 0.300. The van der Waals surface area contributed by atoms with Crippen LogP contribution in [0.15, 0.2) is 12.3 Å². The summed E-state index contributed by atoms with van der Waals surface area (Å²) >= 11 is 0. The fourth-order valence-corrected chi connectivity index (χ4v) is 1.18. The topological polar surface area (TPSA) is 139 Å². The number of carbonyl (C=O) groups excluding carboxylic acids is 1. The Morgan fingerprint density at radius 1 is 1.42 bits per heavy atom. The van der Waals surface area contributed by atoms with Crippen molar-refractivity contribution < 1.29 is 29.3 Å². The number of aromatic nitrogens is 2. The second-order valence-electron chi connectivity index (χ2n) is 3.39. The monoisotopic (exact) mass is 269 g/mol. The zero-order chi connectivity index (χ0) is 14.4. The van der Waals surface area contributed by atoms with Crippen LogP contribution in [0.3, 0.4) is 0 Å². The highest BCUT2D eigenvalue weighted by molar-refractivity contribution is 5.86. The maximum Gasteiger partial charge on any atom is 0.376 e. The standard InChI is InChI=1S/C10H11N3O6/c1-19-10(18)8-11-3-2-6(13-8)12-5(9(16)17)4-7(14)15/h2-3,5H,4H2,1H3,(H,14,15)(H,16,17)(H,11,12,13). The third-order valence-electron chi connectivity index (χ3n) is 2.02. The largest absolute Gasteiger partial charge is 0.481 e. The van der Waals surface area contributed by atoms with Crippen LogP contribution in [0.4, 0.5) is 5.82 Å². The number of nitrogens with one attached hydrogen (secondary N) is 1. The summed E-state index contributed by atoms with van der Waals surface area (Å²) in [5.41, 5.74) is 0. The Morgan fingerprint density at radius 2 is 2.11 bits per heavy atom. The van der Waals surface area contributed by atoms with Crippen LogP contribution < -0.4 is 5.32 Å². The average molecular weight is 269 g/mol. The van der Waals surface area contributed by atoms with Crippen molar-refractivity contribution in [3.05, 3.63) is 18.1 Å². The summed E-state index contributed by atoms with van der Waals surface area (Å²) in [4.78, 5) is 39.9. The van der Waals surface area contributed by atoms with Gasteiger partial charge in [-0.25, -0.2) is 19.6 Å². The Bertz CT molecular complexity index is 504. The highest BCUT2D eigenvalue weighted by Crippen LogP contribution is 2.07. The molecule has 0 amide bonds. The number of hydrogen-bond acceptors (Lipinski definition) is 7. The van der Waals surface area contributed by atoms with E-state index in [9.17, 15) is 14.4 Å². The van der Waals surface area contributed by atoms with Crippen molar-refractivity contribution in [2.75, 3.05) is 12.4 Å². The molecule has 1 rings (SSSR count). The molecular formula is C10H11N3O6. The molecule has 0 bridgehead atoms. The van der Waals surface area contributed by atoms with E-state index in [1.807, 2.05) is 0 Å². The molecule has 0 saturated carbocycles. The van der Waals surface area contributed by atoms with Crippen LogP contribution in [0.5, 0.6) is 0 Å². The number of rotatable bonds is 6. The van der Waals surface area contributed by atoms with Gasteiger partial charge in [0.25, 0.3) is 0 Å². The first-order chi connectivity index (χ1) is 8.93. The van der Waals surface area contributed by atoms with E-state index in [0.717, 1.165) is 7.11 Å². The number of ether oxygens (including phenoxy) is 1. The van der Waals surface area contributed by atoms with Crippen LogP contribution in [-0.4, -0.2) is 51.2 Å². The van der Waals surface area contributed by atoms with E-state index in [-0.39, 0.29) is 11.6 Å². The molecule has 0 radical (unpaired) electrons. The maximum absolute atomic E-state index is 11.2. The molecule has 0 aliphatic carbocycles. The molecule has 1 unspecified atom stereocenters. The van der Waals surface area contributed by atoms with Crippen LogP contribution in [-0.2, 0) is 14.3 Å². The molecule has 102 valence electrons. The molecule has 0 saturated heterocycles. The third-order valence-corrected chi connectivity index (χ3v) is 2.02. The molecule has 3 N–H and O–H groups in total. The van der Waals surface area contributed by atoms with Crippen molar-refractivity contribution in [1.29, 1.82) is 0 Å². The molecule has 0 fully saturated rings. The molecule has 9 heteroatoms. The van der Waals surface area contributed by atoms with Gasteiger partial charge in [-0.2, -0.15) is 0 Å². The van der Waals surface area contributed by atoms with E-state index in [0.29, 0.717) is 0 Å². The first kappa shape index (κ1) is 14.4.